The van der Waals surface area contributed by atoms with Gasteiger partial charge in [0.05, 0.1) is 6.10 Å². The second-order valence-corrected chi connectivity index (χ2v) is 3.40. The Bertz CT molecular complexity index is 386. The molecule has 1 aliphatic heterocycles. The van der Waals surface area contributed by atoms with Gasteiger partial charge in [0, 0.05) is 6.61 Å². The van der Waals surface area contributed by atoms with E-state index in [1.165, 1.54) is 12.1 Å². The van der Waals surface area contributed by atoms with Crippen LogP contribution in [0.5, 0.6) is 5.75 Å². The van der Waals surface area contributed by atoms with Crippen LogP contribution in [-0.2, 0) is 4.74 Å². The smallest absolute Gasteiger partial charge is 0.870 e. The van der Waals surface area contributed by atoms with Crippen LogP contribution < -0.4 is 40.1 Å². The molecule has 0 bridgehead atoms. The normalized spacial score (nSPS) is 19.6. The molecule has 1 aromatic rings. The van der Waals surface area contributed by atoms with Crippen molar-refractivity contribution in [2.45, 2.75) is 18.9 Å². The maximum atomic E-state index is 11.0. The summed E-state index contributed by atoms with van der Waals surface area (Å²) < 4.78 is 5.46. The van der Waals surface area contributed by atoms with E-state index in [1.54, 1.807) is 12.1 Å². The zero-order valence-corrected chi connectivity index (χ0v) is 10.7. The fourth-order valence-corrected chi connectivity index (χ4v) is 1.62. The van der Waals surface area contributed by atoms with Gasteiger partial charge in [-0.2, -0.15) is 0 Å². The summed E-state index contributed by atoms with van der Waals surface area (Å²) in [5.41, 5.74) is 0.455. The van der Waals surface area contributed by atoms with Gasteiger partial charge in [-0.15, -0.1) is 0 Å². The van der Waals surface area contributed by atoms with Crippen molar-refractivity contribution in [3.63, 3.8) is 0 Å². The topological polar surface area (TPSA) is 49.4 Å². The number of hydrogen-bond donors (Lipinski definition) is 0. The minimum Gasteiger partial charge on any atom is -0.870 e. The molecule has 1 aliphatic rings. The first kappa shape index (κ1) is 12.7. The summed E-state index contributed by atoms with van der Waals surface area (Å²) in [5, 5.41) is 11.0. The summed E-state index contributed by atoms with van der Waals surface area (Å²) in [4.78, 5) is 11.0. The first-order valence-electron chi connectivity index (χ1n) is 4.70. The predicted octanol–water partition coefficient (Wildman–Crippen LogP) is -2.02. The third-order valence-electron chi connectivity index (χ3n) is 2.40. The Morgan fingerprint density at radius 1 is 1.27 bits per heavy atom. The van der Waals surface area contributed by atoms with E-state index in [9.17, 15) is 9.90 Å². The van der Waals surface area contributed by atoms with Gasteiger partial charge >= 0.3 is 29.6 Å². The second kappa shape index (κ2) is 5.66. The summed E-state index contributed by atoms with van der Waals surface area (Å²) >= 11 is 0. The van der Waals surface area contributed by atoms with Crippen molar-refractivity contribution in [1.82, 2.24) is 0 Å². The number of hydrogen-bond acceptors (Lipinski definition) is 3. The Morgan fingerprint density at radius 2 is 2.00 bits per heavy atom. The van der Waals surface area contributed by atoms with Crippen molar-refractivity contribution < 1.29 is 39.4 Å². The fraction of sp³-hybridized carbons (Fsp3) is 0.364. The molecule has 1 unspecified atom stereocenters. The Hall–Kier alpha value is -0.350. The third kappa shape index (κ3) is 3.05. The van der Waals surface area contributed by atoms with Crippen LogP contribution in [0.1, 0.15) is 24.5 Å². The van der Waals surface area contributed by atoms with Gasteiger partial charge in [0.25, 0.3) is 0 Å². The van der Waals surface area contributed by atoms with Crippen LogP contribution in [-0.4, -0.2) is 6.61 Å². The van der Waals surface area contributed by atoms with Crippen LogP contribution in [0.4, 0.5) is 0 Å². The predicted molar refractivity (Wildman–Crippen MR) is 50.1 cm³/mol. The van der Waals surface area contributed by atoms with E-state index in [1.807, 2.05) is 0 Å². The monoisotopic (exact) mass is 214 g/mol. The molecule has 0 aromatic heterocycles. The van der Waals surface area contributed by atoms with Crippen molar-refractivity contribution in [2.75, 3.05) is 6.61 Å². The molecule has 1 fully saturated rings. The van der Waals surface area contributed by atoms with E-state index in [2.05, 4.69) is 0 Å². The number of rotatable bonds is 1. The van der Waals surface area contributed by atoms with Gasteiger partial charge in [-0.25, -0.2) is 0 Å². The molecular weight excluding hydrogens is 203 g/mol. The summed E-state index contributed by atoms with van der Waals surface area (Å²) in [5.74, 6) is -0.464. The van der Waals surface area contributed by atoms with Gasteiger partial charge in [-0.05, 0) is 24.5 Å². The van der Waals surface area contributed by atoms with Crippen LogP contribution >= 0.6 is 0 Å². The molecule has 2 rings (SSSR count). The molecule has 0 aliphatic carbocycles. The molecule has 1 atom stereocenters. The van der Waals surface area contributed by atoms with Crippen LogP contribution in [0, 0.1) is 0 Å². The van der Waals surface area contributed by atoms with E-state index in [0.29, 0.717) is 0 Å². The molecule has 74 valence electrons. The van der Waals surface area contributed by atoms with Gasteiger partial charge < -0.3 is 9.84 Å². The average Bonchev–Trinajstić information content (AvgIpc) is 2.65. The molecular formula is C11H11NaO3. The number of ether oxygens (including phenoxy) is 1. The Labute approximate surface area is 110 Å². The van der Waals surface area contributed by atoms with Crippen LogP contribution in [0.25, 0.3) is 0 Å². The standard InChI is InChI=1S/C11H12O3.Na/c12-9-5-3-8(4-6-10(9)13)11-2-1-7-14-11;/h3-6,11H,1-2,7H2,(H,12,13);/q;+1/p-1. The van der Waals surface area contributed by atoms with E-state index in [4.69, 9.17) is 4.74 Å². The Morgan fingerprint density at radius 3 is 2.67 bits per heavy atom. The van der Waals surface area contributed by atoms with E-state index >= 15 is 0 Å². The van der Waals surface area contributed by atoms with E-state index in [0.717, 1.165) is 25.0 Å². The van der Waals surface area contributed by atoms with Crippen LogP contribution in [0.3, 0.4) is 0 Å². The largest absolute Gasteiger partial charge is 1.00 e. The first-order chi connectivity index (χ1) is 6.77. The molecule has 0 spiro atoms. The van der Waals surface area contributed by atoms with Gasteiger partial charge in [-0.3, -0.25) is 4.79 Å². The molecule has 1 heterocycles. The summed E-state index contributed by atoms with van der Waals surface area (Å²) in [6, 6.07) is 6.00. The van der Waals surface area contributed by atoms with Gasteiger partial charge in [-0.1, -0.05) is 23.9 Å². The summed E-state index contributed by atoms with van der Waals surface area (Å²) in [6.07, 6.45) is 2.06. The maximum absolute atomic E-state index is 11.0. The summed E-state index contributed by atoms with van der Waals surface area (Å²) in [6.45, 7) is 0.762. The molecule has 3 nitrogen and oxygen atoms in total. The van der Waals surface area contributed by atoms with E-state index < -0.39 is 11.2 Å². The Kier molecular flexibility index (Phi) is 4.80. The molecule has 4 heteroatoms. The van der Waals surface area contributed by atoms with Crippen molar-refractivity contribution in [1.29, 1.82) is 0 Å². The zero-order chi connectivity index (χ0) is 9.97. The van der Waals surface area contributed by atoms with Crippen LogP contribution in [0.2, 0.25) is 0 Å². The van der Waals surface area contributed by atoms with Crippen molar-refractivity contribution in [3.05, 3.63) is 40.1 Å². The quantitative estimate of drug-likeness (QED) is 0.507. The van der Waals surface area contributed by atoms with E-state index in [-0.39, 0.29) is 35.7 Å². The van der Waals surface area contributed by atoms with Crippen molar-refractivity contribution in [3.8, 4) is 5.75 Å². The Balaban J connectivity index is 0.00000112. The van der Waals surface area contributed by atoms with Gasteiger partial charge in [0.1, 0.15) is 0 Å². The molecule has 1 saturated heterocycles. The molecule has 0 radical (unpaired) electrons. The third-order valence-corrected chi connectivity index (χ3v) is 2.40. The first-order valence-corrected chi connectivity index (χ1v) is 4.70. The van der Waals surface area contributed by atoms with Gasteiger partial charge in [0.2, 0.25) is 0 Å². The minimum atomic E-state index is -0.464. The van der Waals surface area contributed by atoms with Gasteiger partial charge in [0.15, 0.2) is 5.43 Å². The molecule has 15 heavy (non-hydrogen) atoms. The fourth-order valence-electron chi connectivity index (χ4n) is 1.62. The molecule has 1 aromatic carbocycles. The molecule has 0 amide bonds. The minimum absolute atomic E-state index is 0. The SMILES string of the molecule is O=c1ccc(C2CCCO2)ccc1[O-].[Na+]. The molecule has 0 saturated carbocycles. The van der Waals surface area contributed by atoms with Crippen molar-refractivity contribution >= 4 is 0 Å². The van der Waals surface area contributed by atoms with Crippen molar-refractivity contribution in [2.24, 2.45) is 0 Å². The maximum Gasteiger partial charge on any atom is 1.00 e. The average molecular weight is 214 g/mol. The van der Waals surface area contributed by atoms with Crippen LogP contribution in [0.15, 0.2) is 29.1 Å². The second-order valence-electron chi connectivity index (χ2n) is 3.40. The zero-order valence-electron chi connectivity index (χ0n) is 8.73. The molecule has 0 N–H and O–H groups in total. The summed E-state index contributed by atoms with van der Waals surface area (Å²) in [7, 11) is 0.